The molecule has 0 heterocycles. The fourth-order valence-electron chi connectivity index (χ4n) is 2.04. The van der Waals surface area contributed by atoms with E-state index < -0.39 is 22.5 Å². The van der Waals surface area contributed by atoms with Crippen LogP contribution in [0.15, 0.2) is 58.5 Å². The number of aliphatic imine (C=N–C) groups is 2. The topological polar surface area (TPSA) is 153 Å². The summed E-state index contributed by atoms with van der Waals surface area (Å²) in [6.45, 7) is 0.389. The summed E-state index contributed by atoms with van der Waals surface area (Å²) in [6.07, 6.45) is 3.20. The molecule has 0 amide bonds. The predicted octanol–water partition coefficient (Wildman–Crippen LogP) is 1.66. The highest BCUT2D eigenvalue weighted by atomic mass is 32.2. The lowest BCUT2D eigenvalue weighted by molar-refractivity contribution is 0.541. The first kappa shape index (κ1) is 21.6. The van der Waals surface area contributed by atoms with Gasteiger partial charge in [0.15, 0.2) is 0 Å². The Balaban J connectivity index is 1.77. The first-order valence-electron chi connectivity index (χ1n) is 7.90. The van der Waals surface area contributed by atoms with Crippen molar-refractivity contribution in [1.29, 1.82) is 5.41 Å². The second-order valence-electron chi connectivity index (χ2n) is 5.46. The Hall–Kier alpha value is -2.73. The highest BCUT2D eigenvalue weighted by molar-refractivity contribution is 7.80. The van der Waals surface area contributed by atoms with Crippen LogP contribution in [0.25, 0.3) is 0 Å². The first-order valence-corrected chi connectivity index (χ1v) is 10.1. The molecule has 2 aromatic carbocycles. The van der Waals surface area contributed by atoms with E-state index in [9.17, 15) is 17.5 Å². The van der Waals surface area contributed by atoms with E-state index in [1.165, 1.54) is 0 Å². The average molecular weight is 419 g/mol. The molecule has 0 aliphatic heterocycles. The van der Waals surface area contributed by atoms with E-state index in [0.717, 1.165) is 11.1 Å². The quantitative estimate of drug-likeness (QED) is 0.396. The molecule has 11 heteroatoms. The van der Waals surface area contributed by atoms with Crippen LogP contribution >= 0.6 is 0 Å². The van der Waals surface area contributed by atoms with Crippen molar-refractivity contribution in [2.24, 2.45) is 9.98 Å². The average Bonchev–Trinajstić information content (AvgIpc) is 2.64. The van der Waals surface area contributed by atoms with Crippen LogP contribution in [0.5, 0.6) is 0 Å². The van der Waals surface area contributed by atoms with Crippen molar-refractivity contribution in [2.75, 3.05) is 22.5 Å². The van der Waals surface area contributed by atoms with E-state index >= 15 is 0 Å². The fraction of sp³-hybridized carbons (Fsp3) is 0.118. The van der Waals surface area contributed by atoms with Gasteiger partial charge in [-0.05, 0) is 35.4 Å². The van der Waals surface area contributed by atoms with Gasteiger partial charge >= 0.3 is 0 Å². The number of nitrogens with one attached hydrogen (secondary N) is 3. The van der Waals surface area contributed by atoms with Gasteiger partial charge in [-0.2, -0.15) is 0 Å². The third-order valence-electron chi connectivity index (χ3n) is 3.27. The predicted molar refractivity (Wildman–Crippen MR) is 111 cm³/mol. The smallest absolute Gasteiger partial charge is 0.0784 e. The van der Waals surface area contributed by atoms with E-state index in [1.807, 2.05) is 0 Å². The SMILES string of the molecule is N=C(CN=Cc1ccc(NS(=O)[O-])cc1)CN=Cc1ccc(NS(=O)[O-])cc1. The normalized spacial score (nSPS) is 13.5. The number of anilines is 2. The molecule has 2 atom stereocenters. The van der Waals surface area contributed by atoms with Crippen LogP contribution < -0.4 is 9.44 Å². The number of hydrogen-bond donors (Lipinski definition) is 3. The zero-order valence-corrected chi connectivity index (χ0v) is 16.2. The Morgan fingerprint density at radius 1 is 0.821 bits per heavy atom. The van der Waals surface area contributed by atoms with Crippen LogP contribution in [0, 0.1) is 5.41 Å². The summed E-state index contributed by atoms with van der Waals surface area (Å²) < 4.78 is 46.6. The Bertz CT molecular complexity index is 825. The third kappa shape index (κ3) is 8.31. The second kappa shape index (κ2) is 11.2. The molecule has 0 spiro atoms. The number of hydrogen-bond acceptors (Lipinski definition) is 7. The highest BCUT2D eigenvalue weighted by Gasteiger charge is 1.95. The molecule has 0 radical (unpaired) electrons. The third-order valence-corrected chi connectivity index (χ3v) is 4.07. The van der Waals surface area contributed by atoms with Gasteiger partial charge < -0.3 is 24.0 Å². The van der Waals surface area contributed by atoms with Gasteiger partial charge in [0.1, 0.15) is 0 Å². The van der Waals surface area contributed by atoms with Crippen molar-refractivity contribution in [3.63, 3.8) is 0 Å². The van der Waals surface area contributed by atoms with Crippen molar-refractivity contribution in [3.8, 4) is 0 Å². The highest BCUT2D eigenvalue weighted by Crippen LogP contribution is 2.09. The Morgan fingerprint density at radius 2 is 1.18 bits per heavy atom. The van der Waals surface area contributed by atoms with Crippen molar-refractivity contribution < 1.29 is 17.5 Å². The Labute approximate surface area is 167 Å². The molecule has 2 aromatic rings. The van der Waals surface area contributed by atoms with Gasteiger partial charge in [-0.1, -0.05) is 24.3 Å². The standard InChI is InChI=1S/C17H19N5O4S2/c18-15(11-19-9-13-1-5-16(6-2-13)21-27(23)24)12-20-10-14-3-7-17(8-4-14)22-28(25)26/h1-10,18,21-22H,11-12H2,(H,23,24)(H,25,26)/p-2. The zero-order chi connectivity index (χ0) is 20.4. The lowest BCUT2D eigenvalue weighted by Gasteiger charge is -2.08. The Morgan fingerprint density at radius 3 is 1.50 bits per heavy atom. The van der Waals surface area contributed by atoms with E-state index in [1.54, 1.807) is 61.0 Å². The minimum absolute atomic E-state index is 0.195. The van der Waals surface area contributed by atoms with Gasteiger partial charge in [-0.15, -0.1) is 0 Å². The van der Waals surface area contributed by atoms with Crippen molar-refractivity contribution in [2.45, 2.75) is 0 Å². The first-order chi connectivity index (χ1) is 13.4. The monoisotopic (exact) mass is 419 g/mol. The minimum Gasteiger partial charge on any atom is -0.755 e. The summed E-state index contributed by atoms with van der Waals surface area (Å²) in [7, 11) is 0. The zero-order valence-electron chi connectivity index (χ0n) is 14.5. The maximum Gasteiger partial charge on any atom is 0.0784 e. The number of nitrogens with zero attached hydrogens (tertiary/aromatic N) is 2. The molecule has 0 aromatic heterocycles. The van der Waals surface area contributed by atoms with Gasteiger partial charge in [0.2, 0.25) is 0 Å². The maximum absolute atomic E-state index is 10.5. The molecule has 9 nitrogen and oxygen atoms in total. The van der Waals surface area contributed by atoms with Crippen molar-refractivity contribution in [3.05, 3.63) is 59.7 Å². The summed E-state index contributed by atoms with van der Waals surface area (Å²) in [6, 6.07) is 13.3. The van der Waals surface area contributed by atoms with E-state index in [-0.39, 0.29) is 13.1 Å². The van der Waals surface area contributed by atoms with Crippen LogP contribution in [0.2, 0.25) is 0 Å². The van der Waals surface area contributed by atoms with Gasteiger partial charge in [-0.25, -0.2) is 0 Å². The second-order valence-corrected chi connectivity index (χ2v) is 6.81. The molecule has 2 rings (SSSR count). The fourth-order valence-corrected chi connectivity index (χ4v) is 2.70. The van der Waals surface area contributed by atoms with E-state index in [2.05, 4.69) is 19.4 Å². The molecule has 0 aliphatic rings. The molecular weight excluding hydrogens is 402 g/mol. The minimum atomic E-state index is -2.36. The van der Waals surface area contributed by atoms with E-state index in [4.69, 9.17) is 5.41 Å². The molecule has 0 fully saturated rings. The molecule has 148 valence electrons. The van der Waals surface area contributed by atoms with Crippen molar-refractivity contribution in [1.82, 2.24) is 0 Å². The van der Waals surface area contributed by atoms with Crippen LogP contribution in [-0.4, -0.2) is 48.8 Å². The molecule has 3 N–H and O–H groups in total. The maximum atomic E-state index is 10.5. The van der Waals surface area contributed by atoms with Gasteiger partial charge in [0.25, 0.3) is 0 Å². The lowest BCUT2D eigenvalue weighted by Crippen LogP contribution is -2.06. The number of benzene rings is 2. The number of rotatable bonds is 10. The molecule has 28 heavy (non-hydrogen) atoms. The molecule has 2 unspecified atom stereocenters. The van der Waals surface area contributed by atoms with Gasteiger partial charge in [-0.3, -0.25) is 18.4 Å². The van der Waals surface area contributed by atoms with Crippen LogP contribution in [0.4, 0.5) is 11.4 Å². The summed E-state index contributed by atoms with van der Waals surface area (Å²) in [5.41, 5.74) is 2.81. The summed E-state index contributed by atoms with van der Waals surface area (Å²) in [4.78, 5) is 8.33. The van der Waals surface area contributed by atoms with Crippen LogP contribution in [-0.2, 0) is 22.5 Å². The molecule has 0 saturated carbocycles. The Kier molecular flexibility index (Phi) is 8.62. The summed E-state index contributed by atoms with van der Waals surface area (Å²) in [5.74, 6) is 0. The van der Waals surface area contributed by atoms with Crippen molar-refractivity contribution >= 4 is 52.0 Å². The summed E-state index contributed by atoms with van der Waals surface area (Å²) >= 11 is -4.72. The molecule has 0 bridgehead atoms. The van der Waals surface area contributed by atoms with Gasteiger partial charge in [0, 0.05) is 46.3 Å². The molecule has 0 saturated heterocycles. The largest absolute Gasteiger partial charge is 0.755 e. The van der Waals surface area contributed by atoms with Gasteiger partial charge in [0.05, 0.1) is 18.8 Å². The molecule has 0 aliphatic carbocycles. The van der Waals surface area contributed by atoms with Crippen LogP contribution in [0.1, 0.15) is 11.1 Å². The van der Waals surface area contributed by atoms with E-state index in [0.29, 0.717) is 17.1 Å². The lowest BCUT2D eigenvalue weighted by atomic mass is 10.2. The molecular formula is C17H17N5O4S2-2. The van der Waals surface area contributed by atoms with Crippen LogP contribution in [0.3, 0.4) is 0 Å². The summed E-state index contributed by atoms with van der Waals surface area (Å²) in [5, 5.41) is 7.86.